The molecular weight excluding hydrogens is 250 g/mol. The minimum atomic E-state index is -0.836. The van der Waals surface area contributed by atoms with Crippen molar-refractivity contribution in [2.75, 3.05) is 6.26 Å². The Bertz CT molecular complexity index is 537. The van der Waals surface area contributed by atoms with Crippen molar-refractivity contribution in [2.24, 2.45) is 0 Å². The van der Waals surface area contributed by atoms with Crippen LogP contribution >= 0.6 is 11.8 Å². The largest absolute Gasteiger partial charge is 0.481 e. The molecule has 0 aliphatic rings. The molecule has 0 aliphatic heterocycles. The number of aliphatic carboxylic acids is 1. The number of H-pyrrole nitrogens is 1. The summed E-state index contributed by atoms with van der Waals surface area (Å²) < 4.78 is 0. The predicted molar refractivity (Wildman–Crippen MR) is 69.6 cm³/mol. The zero-order chi connectivity index (χ0) is 13.0. The second kappa shape index (κ2) is 5.68. The smallest absolute Gasteiger partial charge is 0.303 e. The van der Waals surface area contributed by atoms with Gasteiger partial charge < -0.3 is 5.11 Å². The summed E-state index contributed by atoms with van der Waals surface area (Å²) >= 11 is 1.68. The highest BCUT2D eigenvalue weighted by molar-refractivity contribution is 7.98. The summed E-state index contributed by atoms with van der Waals surface area (Å²) in [5.74, 6) is 0.363. The number of aromatic nitrogens is 3. The van der Waals surface area contributed by atoms with Crippen molar-refractivity contribution >= 4 is 17.7 Å². The molecule has 0 bridgehead atoms. The van der Waals surface area contributed by atoms with Crippen molar-refractivity contribution in [1.82, 2.24) is 15.2 Å². The van der Waals surface area contributed by atoms with E-state index < -0.39 is 5.97 Å². The number of aromatic amines is 1. The van der Waals surface area contributed by atoms with Gasteiger partial charge in [-0.1, -0.05) is 12.1 Å². The standard InChI is InChI=1S/C12H13N3O2S/c1-18-9-4-2-8(3-5-9)12-13-10(14-15-12)6-7-11(16)17/h2-5H,6-7H2,1H3,(H,16,17)(H,13,14,15). The lowest BCUT2D eigenvalue weighted by molar-refractivity contribution is -0.137. The van der Waals surface area contributed by atoms with Crippen LogP contribution in [0, 0.1) is 0 Å². The summed E-state index contributed by atoms with van der Waals surface area (Å²) in [5.41, 5.74) is 0.922. The van der Waals surface area contributed by atoms with Crippen LogP contribution in [0.2, 0.25) is 0 Å². The SMILES string of the molecule is CSc1ccc(-c2n[nH]c(CCC(=O)O)n2)cc1. The lowest BCUT2D eigenvalue weighted by Gasteiger charge is -1.97. The van der Waals surface area contributed by atoms with Gasteiger partial charge in [-0.05, 0) is 18.4 Å². The van der Waals surface area contributed by atoms with E-state index >= 15 is 0 Å². The number of thioether (sulfide) groups is 1. The summed E-state index contributed by atoms with van der Waals surface area (Å²) in [5, 5.41) is 15.4. The molecule has 2 rings (SSSR count). The van der Waals surface area contributed by atoms with E-state index in [-0.39, 0.29) is 6.42 Å². The van der Waals surface area contributed by atoms with Gasteiger partial charge in [-0.25, -0.2) is 4.98 Å². The molecule has 6 heteroatoms. The monoisotopic (exact) mass is 263 g/mol. The van der Waals surface area contributed by atoms with Crippen LogP contribution < -0.4 is 0 Å². The van der Waals surface area contributed by atoms with Crippen molar-refractivity contribution in [1.29, 1.82) is 0 Å². The van der Waals surface area contributed by atoms with Gasteiger partial charge >= 0.3 is 5.97 Å². The van der Waals surface area contributed by atoms with Gasteiger partial charge in [0.2, 0.25) is 0 Å². The third kappa shape index (κ3) is 3.10. The molecule has 0 spiro atoms. The van der Waals surface area contributed by atoms with Gasteiger partial charge in [0.25, 0.3) is 0 Å². The Morgan fingerprint density at radius 3 is 2.72 bits per heavy atom. The van der Waals surface area contributed by atoms with Crippen molar-refractivity contribution < 1.29 is 9.90 Å². The second-order valence-corrected chi connectivity index (χ2v) is 4.61. The molecular formula is C12H13N3O2S. The lowest BCUT2D eigenvalue weighted by atomic mass is 10.2. The number of nitrogens with zero attached hydrogens (tertiary/aromatic N) is 2. The van der Waals surface area contributed by atoms with Crippen LogP contribution in [0.15, 0.2) is 29.2 Å². The summed E-state index contributed by atoms with van der Waals surface area (Å²) in [6.45, 7) is 0. The Kier molecular flexibility index (Phi) is 3.99. The zero-order valence-corrected chi connectivity index (χ0v) is 10.7. The maximum Gasteiger partial charge on any atom is 0.303 e. The van der Waals surface area contributed by atoms with Gasteiger partial charge in [0.05, 0.1) is 6.42 Å². The van der Waals surface area contributed by atoms with Crippen LogP contribution in [0.1, 0.15) is 12.2 Å². The first kappa shape index (κ1) is 12.6. The number of carboxylic acid groups (broad SMARTS) is 1. The van der Waals surface area contributed by atoms with Crippen LogP contribution in [0.4, 0.5) is 0 Å². The van der Waals surface area contributed by atoms with Crippen LogP contribution in [0.3, 0.4) is 0 Å². The fraction of sp³-hybridized carbons (Fsp3) is 0.250. The van der Waals surface area contributed by atoms with Crippen molar-refractivity contribution in [3.8, 4) is 11.4 Å². The molecule has 0 atom stereocenters. The first-order chi connectivity index (χ1) is 8.69. The molecule has 0 saturated heterocycles. The Morgan fingerprint density at radius 1 is 1.39 bits per heavy atom. The summed E-state index contributed by atoms with van der Waals surface area (Å²) in [6, 6.07) is 7.92. The quantitative estimate of drug-likeness (QED) is 0.808. The molecule has 5 nitrogen and oxygen atoms in total. The molecule has 0 saturated carbocycles. The third-order valence-corrected chi connectivity index (χ3v) is 3.20. The molecule has 0 unspecified atom stereocenters. The fourth-order valence-electron chi connectivity index (χ4n) is 1.50. The number of aryl methyl sites for hydroxylation is 1. The number of rotatable bonds is 5. The molecule has 0 amide bonds. The Hall–Kier alpha value is -1.82. The lowest BCUT2D eigenvalue weighted by Crippen LogP contribution is -1.98. The maximum absolute atomic E-state index is 10.5. The second-order valence-electron chi connectivity index (χ2n) is 3.73. The highest BCUT2D eigenvalue weighted by atomic mass is 32.2. The maximum atomic E-state index is 10.5. The first-order valence-electron chi connectivity index (χ1n) is 5.46. The van der Waals surface area contributed by atoms with Crippen molar-refractivity contribution in [3.63, 3.8) is 0 Å². The van der Waals surface area contributed by atoms with Crippen LogP contribution in [-0.2, 0) is 11.2 Å². The number of nitrogens with one attached hydrogen (secondary N) is 1. The van der Waals surface area contributed by atoms with E-state index in [0.29, 0.717) is 18.1 Å². The number of carbonyl (C=O) groups is 1. The normalized spacial score (nSPS) is 10.5. The van der Waals surface area contributed by atoms with Crippen molar-refractivity contribution in [3.05, 3.63) is 30.1 Å². The molecule has 18 heavy (non-hydrogen) atoms. The summed E-state index contributed by atoms with van der Waals surface area (Å²) in [4.78, 5) is 15.9. The molecule has 1 heterocycles. The molecule has 1 aromatic heterocycles. The average Bonchev–Trinajstić information content (AvgIpc) is 2.85. The van der Waals surface area contributed by atoms with E-state index in [4.69, 9.17) is 5.11 Å². The highest BCUT2D eigenvalue weighted by Gasteiger charge is 2.07. The topological polar surface area (TPSA) is 78.9 Å². The number of benzene rings is 1. The van der Waals surface area contributed by atoms with Gasteiger partial charge in [-0.15, -0.1) is 11.8 Å². The Morgan fingerprint density at radius 2 is 2.11 bits per heavy atom. The molecule has 2 aromatic rings. The van der Waals surface area contributed by atoms with Crippen LogP contribution in [-0.4, -0.2) is 32.5 Å². The Balaban J connectivity index is 2.10. The molecule has 0 fully saturated rings. The molecule has 0 radical (unpaired) electrons. The Labute approximate surface area is 109 Å². The van der Waals surface area contributed by atoms with Crippen LogP contribution in [0.5, 0.6) is 0 Å². The third-order valence-electron chi connectivity index (χ3n) is 2.46. The fourth-order valence-corrected chi connectivity index (χ4v) is 1.91. The van der Waals surface area contributed by atoms with Gasteiger partial charge in [-0.2, -0.15) is 5.10 Å². The highest BCUT2D eigenvalue weighted by Crippen LogP contribution is 2.20. The van der Waals surface area contributed by atoms with Gasteiger partial charge in [0.15, 0.2) is 5.82 Å². The molecule has 94 valence electrons. The van der Waals surface area contributed by atoms with Gasteiger partial charge in [0.1, 0.15) is 5.82 Å². The first-order valence-corrected chi connectivity index (χ1v) is 6.69. The molecule has 1 aromatic carbocycles. The number of carboxylic acids is 1. The van der Waals surface area contributed by atoms with E-state index in [1.165, 1.54) is 4.90 Å². The van der Waals surface area contributed by atoms with Gasteiger partial charge in [-0.3, -0.25) is 9.89 Å². The molecule has 0 aliphatic carbocycles. The summed E-state index contributed by atoms with van der Waals surface area (Å²) in [7, 11) is 0. The zero-order valence-electron chi connectivity index (χ0n) is 9.88. The number of hydrogen-bond acceptors (Lipinski definition) is 4. The van der Waals surface area contributed by atoms with E-state index in [1.807, 2.05) is 30.5 Å². The molecule has 2 N–H and O–H groups in total. The van der Waals surface area contributed by atoms with Crippen LogP contribution in [0.25, 0.3) is 11.4 Å². The van der Waals surface area contributed by atoms with E-state index in [0.717, 1.165) is 5.56 Å². The summed E-state index contributed by atoms with van der Waals surface area (Å²) in [6.07, 6.45) is 2.44. The average molecular weight is 263 g/mol. The number of hydrogen-bond donors (Lipinski definition) is 2. The predicted octanol–water partition coefficient (Wildman–Crippen LogP) is 2.21. The van der Waals surface area contributed by atoms with Crippen molar-refractivity contribution in [2.45, 2.75) is 17.7 Å². The minimum Gasteiger partial charge on any atom is -0.481 e. The van der Waals surface area contributed by atoms with Gasteiger partial charge in [0, 0.05) is 16.9 Å². The van der Waals surface area contributed by atoms with E-state index in [9.17, 15) is 4.79 Å². The minimum absolute atomic E-state index is 0.0556. The van der Waals surface area contributed by atoms with E-state index in [2.05, 4.69) is 15.2 Å². The van der Waals surface area contributed by atoms with E-state index in [1.54, 1.807) is 11.8 Å².